The van der Waals surface area contributed by atoms with Gasteiger partial charge in [-0.05, 0) is 40.2 Å². The zero-order valence-electron chi connectivity index (χ0n) is 14.3. The average Bonchev–Trinajstić information content (AvgIpc) is 2.46. The fraction of sp³-hybridized carbons (Fsp3) is 0.500. The second kappa shape index (κ2) is 7.29. The van der Waals surface area contributed by atoms with Gasteiger partial charge in [-0.15, -0.1) is 0 Å². The number of nitrogens with zero attached hydrogens (tertiary/aromatic N) is 2. The Morgan fingerprint density at radius 3 is 2.83 bits per heavy atom. The quantitative estimate of drug-likeness (QED) is 0.772. The van der Waals surface area contributed by atoms with Gasteiger partial charge in [0.25, 0.3) is 5.56 Å². The van der Waals surface area contributed by atoms with Crippen LogP contribution in [0.2, 0.25) is 0 Å². The molecular formula is C16H23N5O3. The van der Waals surface area contributed by atoms with Crippen molar-refractivity contribution in [2.45, 2.75) is 45.8 Å². The van der Waals surface area contributed by atoms with Gasteiger partial charge in [-0.2, -0.15) is 0 Å². The molecule has 3 N–H and O–H groups in total. The molecule has 0 aliphatic heterocycles. The van der Waals surface area contributed by atoms with Crippen LogP contribution < -0.4 is 16.2 Å². The van der Waals surface area contributed by atoms with Crippen LogP contribution >= 0.6 is 0 Å². The maximum absolute atomic E-state index is 11.7. The van der Waals surface area contributed by atoms with Crippen molar-refractivity contribution in [2.75, 3.05) is 11.9 Å². The normalized spacial score (nSPS) is 12.7. The van der Waals surface area contributed by atoms with E-state index in [9.17, 15) is 9.59 Å². The van der Waals surface area contributed by atoms with Crippen LogP contribution in [-0.2, 0) is 4.74 Å². The van der Waals surface area contributed by atoms with Gasteiger partial charge in [0.15, 0.2) is 5.82 Å². The Hall–Kier alpha value is -2.64. The van der Waals surface area contributed by atoms with E-state index in [0.717, 1.165) is 0 Å². The van der Waals surface area contributed by atoms with Crippen LogP contribution in [0.15, 0.2) is 23.4 Å². The third-order valence-electron chi connectivity index (χ3n) is 3.19. The molecule has 1 atom stereocenters. The van der Waals surface area contributed by atoms with Gasteiger partial charge in [0.1, 0.15) is 11.1 Å². The number of aromatic nitrogens is 3. The van der Waals surface area contributed by atoms with Crippen molar-refractivity contribution in [1.29, 1.82) is 0 Å². The summed E-state index contributed by atoms with van der Waals surface area (Å²) >= 11 is 0. The number of carbonyl (C=O) groups is 1. The van der Waals surface area contributed by atoms with Gasteiger partial charge in [0, 0.05) is 18.8 Å². The fourth-order valence-corrected chi connectivity index (χ4v) is 2.12. The molecule has 0 saturated carbocycles. The second-order valence-electron chi connectivity index (χ2n) is 6.55. The van der Waals surface area contributed by atoms with Crippen molar-refractivity contribution in [3.05, 3.63) is 28.9 Å². The van der Waals surface area contributed by atoms with Crippen LogP contribution in [0.3, 0.4) is 0 Å². The molecule has 2 heterocycles. The second-order valence-corrected chi connectivity index (χ2v) is 6.55. The van der Waals surface area contributed by atoms with Gasteiger partial charge >= 0.3 is 6.09 Å². The molecule has 0 bridgehead atoms. The highest BCUT2D eigenvalue weighted by molar-refractivity contribution is 5.86. The van der Waals surface area contributed by atoms with Gasteiger partial charge in [-0.1, -0.05) is 0 Å². The molecule has 0 aliphatic rings. The van der Waals surface area contributed by atoms with E-state index in [-0.39, 0.29) is 11.6 Å². The lowest BCUT2D eigenvalue weighted by atomic mass is 10.2. The molecular weight excluding hydrogens is 310 g/mol. The van der Waals surface area contributed by atoms with E-state index in [0.29, 0.717) is 29.7 Å². The lowest BCUT2D eigenvalue weighted by Crippen LogP contribution is -2.38. The molecule has 0 saturated heterocycles. The fourth-order valence-electron chi connectivity index (χ4n) is 2.12. The van der Waals surface area contributed by atoms with Crippen molar-refractivity contribution in [3.63, 3.8) is 0 Å². The number of nitrogens with one attached hydrogen (secondary N) is 3. The molecule has 24 heavy (non-hydrogen) atoms. The van der Waals surface area contributed by atoms with E-state index >= 15 is 0 Å². The van der Waals surface area contributed by atoms with Crippen LogP contribution in [0.4, 0.5) is 10.6 Å². The first-order valence-electron chi connectivity index (χ1n) is 7.82. The van der Waals surface area contributed by atoms with E-state index in [1.807, 2.05) is 27.7 Å². The third kappa shape index (κ3) is 4.94. The molecule has 0 fully saturated rings. The number of alkyl carbamates (subject to hydrolysis) is 1. The number of aromatic amines is 1. The predicted molar refractivity (Wildman–Crippen MR) is 92.1 cm³/mol. The van der Waals surface area contributed by atoms with Crippen LogP contribution in [0.5, 0.6) is 0 Å². The van der Waals surface area contributed by atoms with Gasteiger partial charge in [-0.25, -0.2) is 14.8 Å². The summed E-state index contributed by atoms with van der Waals surface area (Å²) in [5, 5.41) is 6.41. The molecule has 2 aromatic heterocycles. The minimum absolute atomic E-state index is 0.0707. The smallest absolute Gasteiger partial charge is 0.407 e. The van der Waals surface area contributed by atoms with Gasteiger partial charge in [-0.3, -0.25) is 4.79 Å². The molecule has 0 aliphatic carbocycles. The van der Waals surface area contributed by atoms with E-state index in [2.05, 4.69) is 25.6 Å². The van der Waals surface area contributed by atoms with Crippen molar-refractivity contribution in [3.8, 4) is 0 Å². The summed E-state index contributed by atoms with van der Waals surface area (Å²) in [6.45, 7) is 7.92. The maximum atomic E-state index is 11.7. The number of ether oxygens (including phenoxy) is 1. The largest absolute Gasteiger partial charge is 0.444 e. The Bertz CT molecular complexity index is 766. The molecule has 8 nitrogen and oxygen atoms in total. The molecule has 1 amide bonds. The summed E-state index contributed by atoms with van der Waals surface area (Å²) in [6, 6.07) is 1.55. The van der Waals surface area contributed by atoms with E-state index in [1.165, 1.54) is 6.33 Å². The molecule has 2 rings (SSSR count). The summed E-state index contributed by atoms with van der Waals surface area (Å²) in [5.41, 5.74) is -0.201. The van der Waals surface area contributed by atoms with Gasteiger partial charge in [0.05, 0.1) is 11.7 Å². The standard InChI is InChI=1S/C16H23N5O3/c1-10(21-15(23)24-16(2,3)4)5-7-17-13-12-11(6-8-18-13)14(22)20-9-19-12/h6,8-10H,5,7H2,1-4H3,(H,17,18)(H,21,23)(H,19,20,22). The molecule has 130 valence electrons. The van der Waals surface area contributed by atoms with E-state index in [1.54, 1.807) is 12.3 Å². The number of rotatable bonds is 5. The minimum Gasteiger partial charge on any atom is -0.444 e. The van der Waals surface area contributed by atoms with Crippen molar-refractivity contribution >= 4 is 22.8 Å². The lowest BCUT2D eigenvalue weighted by Gasteiger charge is -2.22. The molecule has 0 spiro atoms. The van der Waals surface area contributed by atoms with Crippen LogP contribution in [0.1, 0.15) is 34.1 Å². The Morgan fingerprint density at radius 2 is 2.12 bits per heavy atom. The summed E-state index contributed by atoms with van der Waals surface area (Å²) in [4.78, 5) is 34.3. The first-order valence-corrected chi connectivity index (χ1v) is 7.82. The lowest BCUT2D eigenvalue weighted by molar-refractivity contribution is 0.0507. The summed E-state index contributed by atoms with van der Waals surface area (Å²) in [6.07, 6.45) is 3.14. The van der Waals surface area contributed by atoms with Crippen molar-refractivity contribution in [2.24, 2.45) is 0 Å². The summed E-state index contributed by atoms with van der Waals surface area (Å²) in [5.74, 6) is 0.545. The molecule has 8 heteroatoms. The predicted octanol–water partition coefficient (Wildman–Crippen LogP) is 2.03. The van der Waals surface area contributed by atoms with Crippen molar-refractivity contribution in [1.82, 2.24) is 20.3 Å². The Labute approximate surface area is 140 Å². The highest BCUT2D eigenvalue weighted by Gasteiger charge is 2.17. The first-order chi connectivity index (χ1) is 11.3. The highest BCUT2D eigenvalue weighted by atomic mass is 16.6. The number of amides is 1. The molecule has 0 radical (unpaired) electrons. The van der Waals surface area contributed by atoms with Crippen molar-refractivity contribution < 1.29 is 9.53 Å². The number of anilines is 1. The number of fused-ring (bicyclic) bond motifs is 1. The van der Waals surface area contributed by atoms with Crippen LogP contribution in [-0.4, -0.2) is 39.2 Å². The summed E-state index contributed by atoms with van der Waals surface area (Å²) < 4.78 is 5.21. The van der Waals surface area contributed by atoms with E-state index in [4.69, 9.17) is 4.74 Å². The molecule has 0 aromatic carbocycles. The maximum Gasteiger partial charge on any atom is 0.407 e. The SMILES string of the molecule is CC(CCNc1nccc2c(=O)[nH]cnc12)NC(=O)OC(C)(C)C. The minimum atomic E-state index is -0.520. The van der Waals surface area contributed by atoms with Gasteiger partial charge in [0.2, 0.25) is 0 Å². The zero-order chi connectivity index (χ0) is 17.7. The zero-order valence-corrected chi connectivity index (χ0v) is 14.3. The number of hydrogen-bond donors (Lipinski definition) is 3. The van der Waals surface area contributed by atoms with Crippen LogP contribution in [0, 0.1) is 0 Å². The molecule has 1 unspecified atom stereocenters. The Balaban J connectivity index is 1.90. The Morgan fingerprint density at radius 1 is 1.38 bits per heavy atom. The number of carbonyl (C=O) groups excluding carboxylic acids is 1. The van der Waals surface area contributed by atoms with E-state index < -0.39 is 11.7 Å². The van der Waals surface area contributed by atoms with Crippen LogP contribution in [0.25, 0.3) is 10.9 Å². The summed E-state index contributed by atoms with van der Waals surface area (Å²) in [7, 11) is 0. The number of hydrogen-bond acceptors (Lipinski definition) is 6. The Kier molecular flexibility index (Phi) is 5.38. The topological polar surface area (TPSA) is 109 Å². The number of pyridine rings is 1. The average molecular weight is 333 g/mol. The highest BCUT2D eigenvalue weighted by Crippen LogP contribution is 2.14. The molecule has 2 aromatic rings. The first kappa shape index (κ1) is 17.7. The monoisotopic (exact) mass is 333 g/mol. The number of H-pyrrole nitrogens is 1. The van der Waals surface area contributed by atoms with Gasteiger partial charge < -0.3 is 20.4 Å². The third-order valence-corrected chi connectivity index (χ3v) is 3.19.